The van der Waals surface area contributed by atoms with Crippen molar-refractivity contribution in [1.29, 1.82) is 0 Å². The number of hydrogen-bond acceptors (Lipinski definition) is 2. The molecular formula is C9H12O2. The van der Waals surface area contributed by atoms with Crippen molar-refractivity contribution in [3.8, 4) is 0 Å². The molecule has 2 heteroatoms. The van der Waals surface area contributed by atoms with Gasteiger partial charge in [-0.1, -0.05) is 0 Å². The quantitative estimate of drug-likeness (QED) is 0.646. The molecule has 1 aromatic heterocycles. The predicted molar refractivity (Wildman–Crippen MR) is 41.4 cm³/mol. The molecule has 60 valence electrons. The highest BCUT2D eigenvalue weighted by molar-refractivity contribution is 4.99. The zero-order valence-electron chi connectivity index (χ0n) is 6.45. The molecule has 0 spiro atoms. The molecule has 0 N–H and O–H groups in total. The fraction of sp³-hybridized carbons (Fsp3) is 0.556. The summed E-state index contributed by atoms with van der Waals surface area (Å²) in [7, 11) is 0. The molecule has 2 rings (SSSR count). The number of hydrogen-bond donors (Lipinski definition) is 0. The lowest BCUT2D eigenvalue weighted by Crippen LogP contribution is -2.07. The van der Waals surface area contributed by atoms with Gasteiger partial charge in [0.1, 0.15) is 5.76 Å². The lowest BCUT2D eigenvalue weighted by Gasteiger charge is -2.05. The van der Waals surface area contributed by atoms with E-state index in [9.17, 15) is 0 Å². The van der Waals surface area contributed by atoms with Gasteiger partial charge in [0, 0.05) is 13.0 Å². The molecule has 2 nitrogen and oxygen atoms in total. The van der Waals surface area contributed by atoms with Gasteiger partial charge in [-0.05, 0) is 25.0 Å². The van der Waals surface area contributed by atoms with E-state index in [2.05, 4.69) is 0 Å². The van der Waals surface area contributed by atoms with Crippen LogP contribution in [0.15, 0.2) is 22.8 Å². The average molecular weight is 152 g/mol. The monoisotopic (exact) mass is 152 g/mol. The largest absolute Gasteiger partial charge is 0.469 e. The van der Waals surface area contributed by atoms with Crippen molar-refractivity contribution in [3.05, 3.63) is 24.2 Å². The van der Waals surface area contributed by atoms with E-state index in [0.29, 0.717) is 6.10 Å². The van der Waals surface area contributed by atoms with Gasteiger partial charge in [0.15, 0.2) is 0 Å². The molecule has 11 heavy (non-hydrogen) atoms. The van der Waals surface area contributed by atoms with E-state index in [1.807, 2.05) is 12.1 Å². The Morgan fingerprint density at radius 2 is 2.55 bits per heavy atom. The standard InChI is InChI=1S/C9H12O2/c1-3-8(10-5-1)7-9-4-2-6-11-9/h1,3,5,9H,2,4,6-7H2. The van der Waals surface area contributed by atoms with Crippen LogP contribution in [0.1, 0.15) is 18.6 Å². The Hall–Kier alpha value is -0.760. The summed E-state index contributed by atoms with van der Waals surface area (Å²) < 4.78 is 10.7. The zero-order chi connectivity index (χ0) is 7.52. The van der Waals surface area contributed by atoms with Gasteiger partial charge in [-0.3, -0.25) is 0 Å². The Labute approximate surface area is 66.2 Å². The second-order valence-electron chi connectivity index (χ2n) is 2.92. The fourth-order valence-electron chi connectivity index (χ4n) is 1.46. The van der Waals surface area contributed by atoms with Crippen LogP contribution in [0.4, 0.5) is 0 Å². The number of ether oxygens (including phenoxy) is 1. The Balaban J connectivity index is 1.90. The Bertz CT molecular complexity index is 197. The van der Waals surface area contributed by atoms with Crippen LogP contribution in [0, 0.1) is 0 Å². The van der Waals surface area contributed by atoms with Gasteiger partial charge in [0.05, 0.1) is 12.4 Å². The molecule has 1 unspecified atom stereocenters. The number of furan rings is 1. The number of rotatable bonds is 2. The van der Waals surface area contributed by atoms with Crippen LogP contribution in [0.3, 0.4) is 0 Å². The van der Waals surface area contributed by atoms with Gasteiger partial charge >= 0.3 is 0 Å². The van der Waals surface area contributed by atoms with E-state index < -0.39 is 0 Å². The van der Waals surface area contributed by atoms with Gasteiger partial charge in [-0.2, -0.15) is 0 Å². The van der Waals surface area contributed by atoms with Crippen molar-refractivity contribution in [2.75, 3.05) is 6.61 Å². The average Bonchev–Trinajstić information content (AvgIpc) is 2.60. The topological polar surface area (TPSA) is 22.4 Å². The highest BCUT2D eigenvalue weighted by Gasteiger charge is 2.16. The molecule has 1 aliphatic heterocycles. The third-order valence-electron chi connectivity index (χ3n) is 2.03. The maximum absolute atomic E-state index is 5.47. The molecule has 1 fully saturated rings. The smallest absolute Gasteiger partial charge is 0.106 e. The van der Waals surface area contributed by atoms with E-state index in [-0.39, 0.29) is 0 Å². The summed E-state index contributed by atoms with van der Waals surface area (Å²) in [6, 6.07) is 3.92. The van der Waals surface area contributed by atoms with Crippen molar-refractivity contribution >= 4 is 0 Å². The lowest BCUT2D eigenvalue weighted by molar-refractivity contribution is 0.107. The predicted octanol–water partition coefficient (Wildman–Crippen LogP) is 2.00. The van der Waals surface area contributed by atoms with E-state index in [4.69, 9.17) is 9.15 Å². The Morgan fingerprint density at radius 1 is 1.55 bits per heavy atom. The maximum atomic E-state index is 5.47. The first kappa shape index (κ1) is 6.92. The van der Waals surface area contributed by atoms with Crippen molar-refractivity contribution in [3.63, 3.8) is 0 Å². The van der Waals surface area contributed by atoms with Gasteiger partial charge in [-0.15, -0.1) is 0 Å². The molecule has 1 aromatic rings. The fourth-order valence-corrected chi connectivity index (χ4v) is 1.46. The molecule has 1 atom stereocenters. The Kier molecular flexibility index (Phi) is 1.95. The first-order valence-corrected chi connectivity index (χ1v) is 4.09. The second kappa shape index (κ2) is 3.09. The van der Waals surface area contributed by atoms with Crippen molar-refractivity contribution in [1.82, 2.24) is 0 Å². The van der Waals surface area contributed by atoms with E-state index in [1.165, 1.54) is 12.8 Å². The first-order chi connectivity index (χ1) is 5.45. The molecule has 1 aliphatic rings. The van der Waals surface area contributed by atoms with Gasteiger partial charge < -0.3 is 9.15 Å². The molecule has 0 aliphatic carbocycles. The third kappa shape index (κ3) is 1.63. The van der Waals surface area contributed by atoms with Crippen LogP contribution in [-0.2, 0) is 11.2 Å². The minimum absolute atomic E-state index is 0.404. The molecule has 1 saturated heterocycles. The third-order valence-corrected chi connectivity index (χ3v) is 2.03. The summed E-state index contributed by atoms with van der Waals surface area (Å²) in [5.41, 5.74) is 0. The Morgan fingerprint density at radius 3 is 3.18 bits per heavy atom. The molecule has 2 heterocycles. The van der Waals surface area contributed by atoms with Crippen LogP contribution in [0.25, 0.3) is 0 Å². The van der Waals surface area contributed by atoms with Crippen LogP contribution in [0.2, 0.25) is 0 Å². The normalized spacial score (nSPS) is 24.2. The molecule has 0 amide bonds. The minimum atomic E-state index is 0.404. The van der Waals surface area contributed by atoms with Crippen molar-refractivity contribution < 1.29 is 9.15 Å². The summed E-state index contributed by atoms with van der Waals surface area (Å²) in [6.45, 7) is 0.922. The summed E-state index contributed by atoms with van der Waals surface area (Å²) in [4.78, 5) is 0. The van der Waals surface area contributed by atoms with Gasteiger partial charge in [-0.25, -0.2) is 0 Å². The zero-order valence-corrected chi connectivity index (χ0v) is 6.45. The van der Waals surface area contributed by atoms with Crippen LogP contribution in [-0.4, -0.2) is 12.7 Å². The molecule has 0 bridgehead atoms. The van der Waals surface area contributed by atoms with Crippen LogP contribution >= 0.6 is 0 Å². The second-order valence-corrected chi connectivity index (χ2v) is 2.92. The molecular weight excluding hydrogens is 140 g/mol. The highest BCUT2D eigenvalue weighted by Crippen LogP contribution is 2.16. The first-order valence-electron chi connectivity index (χ1n) is 4.09. The van der Waals surface area contributed by atoms with E-state index in [1.54, 1.807) is 6.26 Å². The summed E-state index contributed by atoms with van der Waals surface area (Å²) >= 11 is 0. The summed E-state index contributed by atoms with van der Waals surface area (Å²) in [5.74, 6) is 1.04. The van der Waals surface area contributed by atoms with Crippen LogP contribution in [0.5, 0.6) is 0 Å². The van der Waals surface area contributed by atoms with E-state index in [0.717, 1.165) is 18.8 Å². The maximum Gasteiger partial charge on any atom is 0.106 e. The molecule has 0 radical (unpaired) electrons. The summed E-state index contributed by atoms with van der Waals surface area (Å²) in [6.07, 6.45) is 5.43. The van der Waals surface area contributed by atoms with E-state index >= 15 is 0 Å². The summed E-state index contributed by atoms with van der Waals surface area (Å²) in [5, 5.41) is 0. The molecule has 0 saturated carbocycles. The van der Waals surface area contributed by atoms with Crippen molar-refractivity contribution in [2.24, 2.45) is 0 Å². The lowest BCUT2D eigenvalue weighted by atomic mass is 10.1. The minimum Gasteiger partial charge on any atom is -0.469 e. The highest BCUT2D eigenvalue weighted by atomic mass is 16.5. The molecule has 0 aromatic carbocycles. The van der Waals surface area contributed by atoms with Gasteiger partial charge in [0.2, 0.25) is 0 Å². The van der Waals surface area contributed by atoms with Gasteiger partial charge in [0.25, 0.3) is 0 Å². The van der Waals surface area contributed by atoms with Crippen molar-refractivity contribution in [2.45, 2.75) is 25.4 Å². The van der Waals surface area contributed by atoms with Crippen LogP contribution < -0.4 is 0 Å². The SMILES string of the molecule is c1coc(CC2CCCO2)c1.